The molecule has 1 heterocycles. The molecule has 2 aromatic carbocycles. The molecule has 6 nitrogen and oxygen atoms in total. The third-order valence-electron chi connectivity index (χ3n) is 6.26. The van der Waals surface area contributed by atoms with E-state index in [4.69, 9.17) is 0 Å². The summed E-state index contributed by atoms with van der Waals surface area (Å²) in [6.45, 7) is 8.22. The number of carbonyl (C=O) groups is 3. The monoisotopic (exact) mass is 435 g/mol. The van der Waals surface area contributed by atoms with Gasteiger partial charge in [-0.15, -0.1) is 0 Å². The molecule has 1 atom stereocenters. The Morgan fingerprint density at radius 1 is 0.938 bits per heavy atom. The Kier molecular flexibility index (Phi) is 8.03. The van der Waals surface area contributed by atoms with E-state index in [0.29, 0.717) is 50.1 Å². The van der Waals surface area contributed by atoms with Crippen LogP contribution in [0.2, 0.25) is 0 Å². The van der Waals surface area contributed by atoms with Gasteiger partial charge in [0.25, 0.3) is 11.8 Å². The number of hydrogen-bond donors (Lipinski definition) is 1. The summed E-state index contributed by atoms with van der Waals surface area (Å²) in [6, 6.07) is 16.0. The highest BCUT2D eigenvalue weighted by Crippen LogP contribution is 2.24. The standard InChI is InChI=1S/C26H33N3O3/c1-4-28(5-2)26(32)23(27-24(30)21-9-7-6-8-10-21)20-15-17-29(18-16-20)25(31)22-13-11-19(3)12-14-22/h6-14,20,23H,4-5,15-18H2,1-3H3,(H,27,30)/t23-/m1/s1. The summed E-state index contributed by atoms with van der Waals surface area (Å²) >= 11 is 0. The largest absolute Gasteiger partial charge is 0.341 e. The Balaban J connectivity index is 1.71. The Labute approximate surface area is 190 Å². The van der Waals surface area contributed by atoms with Crippen LogP contribution in [-0.2, 0) is 4.79 Å². The van der Waals surface area contributed by atoms with Gasteiger partial charge in [-0.2, -0.15) is 0 Å². The van der Waals surface area contributed by atoms with Crippen molar-refractivity contribution in [2.24, 2.45) is 5.92 Å². The van der Waals surface area contributed by atoms with Crippen LogP contribution >= 0.6 is 0 Å². The summed E-state index contributed by atoms with van der Waals surface area (Å²) in [7, 11) is 0. The summed E-state index contributed by atoms with van der Waals surface area (Å²) in [5.41, 5.74) is 2.34. The van der Waals surface area contributed by atoms with Gasteiger partial charge in [0.15, 0.2) is 0 Å². The molecule has 6 heteroatoms. The van der Waals surface area contributed by atoms with E-state index in [0.717, 1.165) is 5.56 Å². The maximum atomic E-state index is 13.3. The molecule has 0 aromatic heterocycles. The van der Waals surface area contributed by atoms with Crippen LogP contribution in [0.1, 0.15) is 53.0 Å². The highest BCUT2D eigenvalue weighted by Gasteiger charge is 2.35. The van der Waals surface area contributed by atoms with Crippen molar-refractivity contribution >= 4 is 17.7 Å². The number of nitrogens with zero attached hydrogens (tertiary/aromatic N) is 2. The molecule has 1 N–H and O–H groups in total. The van der Waals surface area contributed by atoms with Crippen LogP contribution in [0.25, 0.3) is 0 Å². The number of benzene rings is 2. The minimum absolute atomic E-state index is 0.0159. The molecule has 0 saturated carbocycles. The van der Waals surface area contributed by atoms with E-state index >= 15 is 0 Å². The third-order valence-corrected chi connectivity index (χ3v) is 6.26. The quantitative estimate of drug-likeness (QED) is 0.724. The van der Waals surface area contributed by atoms with Gasteiger partial charge in [-0.3, -0.25) is 14.4 Å². The summed E-state index contributed by atoms with van der Waals surface area (Å²) in [5, 5.41) is 3.00. The summed E-state index contributed by atoms with van der Waals surface area (Å²) < 4.78 is 0. The fraction of sp³-hybridized carbons (Fsp3) is 0.423. The second-order valence-electron chi connectivity index (χ2n) is 8.32. The van der Waals surface area contributed by atoms with Crippen LogP contribution in [0.3, 0.4) is 0 Å². The maximum Gasteiger partial charge on any atom is 0.253 e. The van der Waals surface area contributed by atoms with E-state index in [1.54, 1.807) is 17.0 Å². The van der Waals surface area contributed by atoms with Gasteiger partial charge in [-0.05, 0) is 63.8 Å². The van der Waals surface area contributed by atoms with Gasteiger partial charge in [-0.1, -0.05) is 35.9 Å². The number of piperidine rings is 1. The molecule has 1 saturated heterocycles. The van der Waals surface area contributed by atoms with Gasteiger partial charge >= 0.3 is 0 Å². The van der Waals surface area contributed by atoms with Crippen molar-refractivity contribution in [2.45, 2.75) is 39.7 Å². The van der Waals surface area contributed by atoms with Crippen molar-refractivity contribution in [3.63, 3.8) is 0 Å². The minimum Gasteiger partial charge on any atom is -0.341 e. The lowest BCUT2D eigenvalue weighted by Gasteiger charge is -2.37. The van der Waals surface area contributed by atoms with Gasteiger partial charge in [0.05, 0.1) is 0 Å². The van der Waals surface area contributed by atoms with Crippen molar-refractivity contribution in [1.29, 1.82) is 0 Å². The van der Waals surface area contributed by atoms with Crippen molar-refractivity contribution in [3.8, 4) is 0 Å². The maximum absolute atomic E-state index is 13.3. The zero-order valence-corrected chi connectivity index (χ0v) is 19.2. The van der Waals surface area contributed by atoms with E-state index in [-0.39, 0.29) is 23.6 Å². The number of nitrogens with one attached hydrogen (secondary N) is 1. The van der Waals surface area contributed by atoms with E-state index in [1.807, 2.05) is 68.1 Å². The molecule has 1 aliphatic rings. The van der Waals surface area contributed by atoms with Gasteiger partial charge in [-0.25, -0.2) is 0 Å². The second-order valence-corrected chi connectivity index (χ2v) is 8.32. The van der Waals surface area contributed by atoms with E-state index < -0.39 is 6.04 Å². The molecule has 0 spiro atoms. The number of hydrogen-bond acceptors (Lipinski definition) is 3. The average molecular weight is 436 g/mol. The van der Waals surface area contributed by atoms with Crippen molar-refractivity contribution in [1.82, 2.24) is 15.1 Å². The number of likely N-dealkylation sites (N-methyl/N-ethyl adjacent to an activating group) is 1. The minimum atomic E-state index is -0.598. The number of carbonyl (C=O) groups excluding carboxylic acids is 3. The van der Waals surface area contributed by atoms with Crippen LogP contribution in [0, 0.1) is 12.8 Å². The van der Waals surface area contributed by atoms with Gasteiger partial charge in [0.1, 0.15) is 6.04 Å². The third kappa shape index (κ3) is 5.55. The second kappa shape index (κ2) is 10.9. The lowest BCUT2D eigenvalue weighted by Crippen LogP contribution is -2.54. The van der Waals surface area contributed by atoms with Gasteiger partial charge in [0, 0.05) is 37.3 Å². The zero-order chi connectivity index (χ0) is 23.1. The van der Waals surface area contributed by atoms with Gasteiger partial charge < -0.3 is 15.1 Å². The smallest absolute Gasteiger partial charge is 0.253 e. The first kappa shape index (κ1) is 23.5. The van der Waals surface area contributed by atoms with Crippen LogP contribution in [0.4, 0.5) is 0 Å². The first-order chi connectivity index (χ1) is 15.4. The molecule has 170 valence electrons. The van der Waals surface area contributed by atoms with Gasteiger partial charge in [0.2, 0.25) is 5.91 Å². The topological polar surface area (TPSA) is 69.7 Å². The number of amides is 3. The van der Waals surface area contributed by atoms with E-state index in [2.05, 4.69) is 5.32 Å². The Morgan fingerprint density at radius 2 is 1.53 bits per heavy atom. The first-order valence-corrected chi connectivity index (χ1v) is 11.4. The molecule has 0 aliphatic carbocycles. The fourth-order valence-corrected chi connectivity index (χ4v) is 4.24. The van der Waals surface area contributed by atoms with Crippen molar-refractivity contribution < 1.29 is 14.4 Å². The van der Waals surface area contributed by atoms with Crippen molar-refractivity contribution in [2.75, 3.05) is 26.2 Å². The Hall–Kier alpha value is -3.15. The SMILES string of the molecule is CCN(CC)C(=O)[C@H](NC(=O)c1ccccc1)C1CCN(C(=O)c2ccc(C)cc2)CC1. The lowest BCUT2D eigenvalue weighted by molar-refractivity contribution is -0.134. The predicted molar refractivity (Wildman–Crippen MR) is 125 cm³/mol. The molecule has 0 bridgehead atoms. The predicted octanol–water partition coefficient (Wildman–Crippen LogP) is 3.51. The zero-order valence-electron chi connectivity index (χ0n) is 19.2. The first-order valence-electron chi connectivity index (χ1n) is 11.4. The highest BCUT2D eigenvalue weighted by molar-refractivity contribution is 5.97. The lowest BCUT2D eigenvalue weighted by atomic mass is 9.87. The van der Waals surface area contributed by atoms with Crippen molar-refractivity contribution in [3.05, 3.63) is 71.3 Å². The van der Waals surface area contributed by atoms with Crippen LogP contribution < -0.4 is 5.32 Å². The number of aryl methyl sites for hydroxylation is 1. The fourth-order valence-electron chi connectivity index (χ4n) is 4.24. The Morgan fingerprint density at radius 3 is 2.09 bits per heavy atom. The summed E-state index contributed by atoms with van der Waals surface area (Å²) in [4.78, 5) is 42.6. The summed E-state index contributed by atoms with van der Waals surface area (Å²) in [5.74, 6) is -0.293. The Bertz CT molecular complexity index is 915. The molecule has 2 aromatic rings. The molecule has 1 aliphatic heterocycles. The molecule has 1 fully saturated rings. The van der Waals surface area contributed by atoms with E-state index in [1.165, 1.54) is 0 Å². The molecular weight excluding hydrogens is 402 g/mol. The molecule has 3 amide bonds. The molecule has 0 unspecified atom stereocenters. The average Bonchev–Trinajstić information content (AvgIpc) is 2.84. The number of likely N-dealkylation sites (tertiary alicyclic amines) is 1. The van der Waals surface area contributed by atoms with Crippen LogP contribution in [-0.4, -0.2) is 59.7 Å². The normalized spacial score (nSPS) is 15.2. The molecule has 32 heavy (non-hydrogen) atoms. The molecule has 0 radical (unpaired) electrons. The summed E-state index contributed by atoms with van der Waals surface area (Å²) in [6.07, 6.45) is 1.34. The molecule has 3 rings (SSSR count). The van der Waals surface area contributed by atoms with Crippen LogP contribution in [0.15, 0.2) is 54.6 Å². The molecular formula is C26H33N3O3. The van der Waals surface area contributed by atoms with Crippen LogP contribution in [0.5, 0.6) is 0 Å². The highest BCUT2D eigenvalue weighted by atomic mass is 16.2. The van der Waals surface area contributed by atoms with E-state index in [9.17, 15) is 14.4 Å². The number of rotatable bonds is 7.